The highest BCUT2D eigenvalue weighted by Gasteiger charge is 2.24. The van der Waals surface area contributed by atoms with Gasteiger partial charge in [-0.25, -0.2) is 4.52 Å². The fourth-order valence-electron chi connectivity index (χ4n) is 5.07. The van der Waals surface area contributed by atoms with Gasteiger partial charge >= 0.3 is 0 Å². The summed E-state index contributed by atoms with van der Waals surface area (Å²) in [6, 6.07) is 2.17. The number of aromatic nitrogens is 5. The molecule has 10 nitrogen and oxygen atoms in total. The van der Waals surface area contributed by atoms with Crippen LogP contribution in [-0.4, -0.2) is 60.2 Å². The van der Waals surface area contributed by atoms with Crippen molar-refractivity contribution in [3.05, 3.63) is 47.8 Å². The van der Waals surface area contributed by atoms with Gasteiger partial charge in [0, 0.05) is 30.0 Å². The number of thiazole rings is 1. The molecular formula is C25H28N8O2S. The van der Waals surface area contributed by atoms with Crippen LogP contribution in [0.2, 0.25) is 0 Å². The Balaban J connectivity index is 1.19. The number of fused-ring (bicyclic) bond motifs is 2. The third-order valence-corrected chi connectivity index (χ3v) is 8.24. The normalized spacial score (nSPS) is 17.6. The average molecular weight is 505 g/mol. The number of amides is 2. The van der Waals surface area contributed by atoms with Gasteiger partial charge in [-0.1, -0.05) is 0 Å². The fourth-order valence-corrected chi connectivity index (χ4v) is 6.16. The molecular weight excluding hydrogens is 476 g/mol. The number of carbonyl (C=O) groups is 2. The number of aryl methyl sites for hydroxylation is 2. The molecule has 36 heavy (non-hydrogen) atoms. The number of likely N-dealkylation sites (tertiary alicyclic amines) is 1. The van der Waals surface area contributed by atoms with Crippen LogP contribution in [0.5, 0.6) is 0 Å². The molecule has 186 valence electrons. The van der Waals surface area contributed by atoms with Gasteiger partial charge in [0.1, 0.15) is 4.83 Å². The molecule has 2 aliphatic rings. The molecule has 0 bridgehead atoms. The van der Waals surface area contributed by atoms with Gasteiger partial charge < -0.3 is 10.6 Å². The molecule has 1 saturated heterocycles. The SMILES string of the molecule is Cc1ncc(NC(=O)CN2CCC[C@@H]2C)cc1NC(=O)c1cnn2cc(-c3cnn4c3CCC4)sc12. The predicted octanol–water partition coefficient (Wildman–Crippen LogP) is 3.58. The van der Waals surface area contributed by atoms with Crippen LogP contribution in [0.15, 0.2) is 30.9 Å². The van der Waals surface area contributed by atoms with Crippen LogP contribution in [0.1, 0.15) is 47.9 Å². The van der Waals surface area contributed by atoms with Crippen LogP contribution < -0.4 is 10.6 Å². The first-order valence-corrected chi connectivity index (χ1v) is 13.1. The van der Waals surface area contributed by atoms with Gasteiger partial charge in [-0.05, 0) is 52.1 Å². The Morgan fingerprint density at radius 2 is 2.03 bits per heavy atom. The second-order valence-corrected chi connectivity index (χ2v) is 10.6. The Morgan fingerprint density at radius 3 is 2.86 bits per heavy atom. The molecule has 1 atom stereocenters. The number of hydrogen-bond donors (Lipinski definition) is 2. The molecule has 0 spiro atoms. The maximum Gasteiger partial charge on any atom is 0.260 e. The van der Waals surface area contributed by atoms with E-state index >= 15 is 0 Å². The topological polar surface area (TPSA) is 109 Å². The number of anilines is 2. The van der Waals surface area contributed by atoms with Crippen LogP contribution in [0.25, 0.3) is 15.3 Å². The van der Waals surface area contributed by atoms with E-state index in [1.54, 1.807) is 23.0 Å². The lowest BCUT2D eigenvalue weighted by Crippen LogP contribution is -2.35. The zero-order chi connectivity index (χ0) is 24.8. The first kappa shape index (κ1) is 22.9. The summed E-state index contributed by atoms with van der Waals surface area (Å²) >= 11 is 1.53. The number of rotatable bonds is 6. The van der Waals surface area contributed by atoms with E-state index in [9.17, 15) is 9.59 Å². The van der Waals surface area contributed by atoms with Crippen molar-refractivity contribution in [3.8, 4) is 10.4 Å². The molecule has 0 aromatic carbocycles. The minimum atomic E-state index is -0.266. The smallest absolute Gasteiger partial charge is 0.260 e. The zero-order valence-corrected chi connectivity index (χ0v) is 21.1. The van der Waals surface area contributed by atoms with Gasteiger partial charge in [-0.2, -0.15) is 10.2 Å². The van der Waals surface area contributed by atoms with E-state index in [0.717, 1.165) is 54.0 Å². The molecule has 0 saturated carbocycles. The van der Waals surface area contributed by atoms with Crippen molar-refractivity contribution in [2.24, 2.45) is 0 Å². The summed E-state index contributed by atoms with van der Waals surface area (Å²) in [7, 11) is 0. The number of nitrogens with one attached hydrogen (secondary N) is 2. The molecule has 11 heteroatoms. The maximum absolute atomic E-state index is 13.2. The van der Waals surface area contributed by atoms with Gasteiger partial charge in [-0.15, -0.1) is 11.3 Å². The summed E-state index contributed by atoms with van der Waals surface area (Å²) in [4.78, 5) is 34.2. The third kappa shape index (κ3) is 4.18. The third-order valence-electron chi connectivity index (χ3n) is 7.09. The van der Waals surface area contributed by atoms with Gasteiger partial charge in [0.05, 0.1) is 52.6 Å². The Hall–Kier alpha value is -3.57. The van der Waals surface area contributed by atoms with Crippen molar-refractivity contribution < 1.29 is 9.59 Å². The van der Waals surface area contributed by atoms with Crippen LogP contribution >= 0.6 is 11.3 Å². The van der Waals surface area contributed by atoms with E-state index in [4.69, 9.17) is 0 Å². The van der Waals surface area contributed by atoms with Crippen LogP contribution in [0, 0.1) is 6.92 Å². The summed E-state index contributed by atoms with van der Waals surface area (Å²) in [5, 5.41) is 14.8. The summed E-state index contributed by atoms with van der Waals surface area (Å²) in [5.74, 6) is -0.347. The molecule has 4 aromatic rings. The molecule has 2 amide bonds. The van der Waals surface area contributed by atoms with Crippen molar-refractivity contribution in [1.29, 1.82) is 0 Å². The van der Waals surface area contributed by atoms with E-state index in [0.29, 0.717) is 35.2 Å². The molecule has 2 N–H and O–H groups in total. The Labute approximate surface area is 212 Å². The van der Waals surface area contributed by atoms with Crippen molar-refractivity contribution in [2.75, 3.05) is 23.7 Å². The molecule has 0 unspecified atom stereocenters. The van der Waals surface area contributed by atoms with Crippen LogP contribution in [0.3, 0.4) is 0 Å². The lowest BCUT2D eigenvalue weighted by Gasteiger charge is -2.20. The van der Waals surface area contributed by atoms with Gasteiger partial charge in [0.2, 0.25) is 5.91 Å². The van der Waals surface area contributed by atoms with E-state index in [1.807, 2.05) is 19.3 Å². The minimum absolute atomic E-state index is 0.0808. The van der Waals surface area contributed by atoms with Crippen molar-refractivity contribution in [1.82, 2.24) is 29.3 Å². The van der Waals surface area contributed by atoms with Gasteiger partial charge in [-0.3, -0.25) is 24.2 Å². The second kappa shape index (κ2) is 9.14. The number of carbonyl (C=O) groups excluding carboxylic acids is 2. The monoisotopic (exact) mass is 504 g/mol. The second-order valence-electron chi connectivity index (χ2n) is 9.56. The summed E-state index contributed by atoms with van der Waals surface area (Å²) < 4.78 is 3.80. The highest BCUT2D eigenvalue weighted by atomic mass is 32.1. The number of pyridine rings is 1. The average Bonchev–Trinajstić information content (AvgIpc) is 3.63. The Morgan fingerprint density at radius 1 is 1.14 bits per heavy atom. The Kier molecular flexibility index (Phi) is 5.81. The molecule has 0 radical (unpaired) electrons. The molecule has 6 rings (SSSR count). The lowest BCUT2D eigenvalue weighted by atomic mass is 10.2. The van der Waals surface area contributed by atoms with Crippen molar-refractivity contribution in [2.45, 2.75) is 52.1 Å². The quantitative estimate of drug-likeness (QED) is 0.415. The first-order valence-electron chi connectivity index (χ1n) is 12.3. The van der Waals surface area contributed by atoms with Gasteiger partial charge in [0.25, 0.3) is 5.91 Å². The van der Waals surface area contributed by atoms with E-state index in [2.05, 4.69) is 42.3 Å². The standard InChI is InChI=1S/C25H28N8O2S/c1-15-5-3-7-31(15)14-23(34)29-17-9-20(16(2)26-10-17)30-24(35)19-12-28-33-13-22(36-25(19)33)18-11-27-32-8-4-6-21(18)32/h9-13,15H,3-8,14H2,1-2H3,(H,29,34)(H,30,35)/t15-/m0/s1. The highest BCUT2D eigenvalue weighted by molar-refractivity contribution is 7.21. The molecule has 4 aromatic heterocycles. The maximum atomic E-state index is 13.2. The molecule has 1 fully saturated rings. The summed E-state index contributed by atoms with van der Waals surface area (Å²) in [5.41, 5.74) is 4.62. The number of nitrogens with zero attached hydrogens (tertiary/aromatic N) is 6. The van der Waals surface area contributed by atoms with E-state index < -0.39 is 0 Å². The lowest BCUT2D eigenvalue weighted by molar-refractivity contribution is -0.117. The predicted molar refractivity (Wildman–Crippen MR) is 138 cm³/mol. The van der Waals surface area contributed by atoms with Crippen molar-refractivity contribution in [3.63, 3.8) is 0 Å². The largest absolute Gasteiger partial charge is 0.324 e. The van der Waals surface area contributed by atoms with Crippen LogP contribution in [0.4, 0.5) is 11.4 Å². The Bertz CT molecular complexity index is 1470. The highest BCUT2D eigenvalue weighted by Crippen LogP contribution is 2.35. The van der Waals surface area contributed by atoms with Crippen LogP contribution in [-0.2, 0) is 17.8 Å². The summed E-state index contributed by atoms with van der Waals surface area (Å²) in [6.45, 7) is 6.22. The minimum Gasteiger partial charge on any atom is -0.324 e. The number of hydrogen-bond acceptors (Lipinski definition) is 7. The molecule has 0 aliphatic carbocycles. The molecule has 2 aliphatic heterocycles. The fraction of sp³-hybridized carbons (Fsp3) is 0.400. The van der Waals surface area contributed by atoms with Crippen molar-refractivity contribution >= 4 is 39.4 Å². The van der Waals surface area contributed by atoms with E-state index in [1.165, 1.54) is 17.0 Å². The molecule has 6 heterocycles. The first-order chi connectivity index (χ1) is 17.5. The zero-order valence-electron chi connectivity index (χ0n) is 20.3. The summed E-state index contributed by atoms with van der Waals surface area (Å²) in [6.07, 6.45) is 11.4. The van der Waals surface area contributed by atoms with Gasteiger partial charge in [0.15, 0.2) is 0 Å². The van der Waals surface area contributed by atoms with E-state index in [-0.39, 0.29) is 11.8 Å².